The van der Waals surface area contributed by atoms with Gasteiger partial charge in [-0.15, -0.1) is 0 Å². The van der Waals surface area contributed by atoms with E-state index in [-0.39, 0.29) is 0 Å². The van der Waals surface area contributed by atoms with Crippen LogP contribution in [0.15, 0.2) is 24.4 Å². The van der Waals surface area contributed by atoms with Crippen LogP contribution in [0.5, 0.6) is 0 Å². The lowest BCUT2D eigenvalue weighted by Gasteiger charge is -2.18. The van der Waals surface area contributed by atoms with Crippen molar-refractivity contribution >= 4 is 21.6 Å². The van der Waals surface area contributed by atoms with Crippen molar-refractivity contribution in [2.45, 2.75) is 27.2 Å². The molecule has 0 fully saturated rings. The third-order valence-corrected chi connectivity index (χ3v) is 2.97. The molecule has 0 aliphatic rings. The maximum Gasteiger partial charge on any atom is 0.0552 e. The first-order chi connectivity index (χ1) is 6.56. The first-order valence-corrected chi connectivity index (χ1v) is 5.66. The Hall–Kier alpha value is -0.890. The Labute approximate surface area is 88.9 Å². The van der Waals surface area contributed by atoms with Crippen molar-refractivity contribution in [1.82, 2.24) is 4.37 Å². The Balaban J connectivity index is 2.46. The molecule has 2 aromatic rings. The van der Waals surface area contributed by atoms with Crippen LogP contribution in [0.25, 0.3) is 10.1 Å². The lowest BCUT2D eigenvalue weighted by Crippen LogP contribution is -2.09. The average Bonchev–Trinajstić information content (AvgIpc) is 2.49. The Morgan fingerprint density at radius 2 is 2.07 bits per heavy atom. The van der Waals surface area contributed by atoms with Gasteiger partial charge in [-0.05, 0) is 35.0 Å². The van der Waals surface area contributed by atoms with Crippen LogP contribution in [0.4, 0.5) is 0 Å². The van der Waals surface area contributed by atoms with Gasteiger partial charge < -0.3 is 0 Å². The summed E-state index contributed by atoms with van der Waals surface area (Å²) < 4.78 is 5.53. The van der Waals surface area contributed by atoms with Crippen LogP contribution < -0.4 is 0 Å². The molecule has 0 unspecified atom stereocenters. The van der Waals surface area contributed by atoms with Crippen LogP contribution in [-0.2, 0) is 6.42 Å². The van der Waals surface area contributed by atoms with Gasteiger partial charge in [0.15, 0.2) is 0 Å². The fourth-order valence-corrected chi connectivity index (χ4v) is 2.37. The molecule has 0 atom stereocenters. The second-order valence-corrected chi connectivity index (χ2v) is 5.73. The fraction of sp³-hybridized carbons (Fsp3) is 0.417. The van der Waals surface area contributed by atoms with Crippen LogP contribution in [0.1, 0.15) is 26.3 Å². The van der Waals surface area contributed by atoms with Crippen molar-refractivity contribution in [1.29, 1.82) is 0 Å². The molecule has 0 amide bonds. The molecule has 0 bridgehead atoms. The van der Waals surface area contributed by atoms with Gasteiger partial charge in [0, 0.05) is 11.6 Å². The van der Waals surface area contributed by atoms with Gasteiger partial charge in [0.25, 0.3) is 0 Å². The van der Waals surface area contributed by atoms with E-state index in [4.69, 9.17) is 0 Å². The van der Waals surface area contributed by atoms with Crippen molar-refractivity contribution in [3.05, 3.63) is 30.0 Å². The molecule has 0 aliphatic carbocycles. The molecular weight excluding hydrogens is 190 g/mol. The first-order valence-electron chi connectivity index (χ1n) is 4.88. The average molecular weight is 205 g/mol. The lowest BCUT2D eigenvalue weighted by molar-refractivity contribution is 0.412. The highest BCUT2D eigenvalue weighted by Crippen LogP contribution is 2.27. The molecule has 0 spiro atoms. The van der Waals surface area contributed by atoms with E-state index in [1.807, 2.05) is 6.20 Å². The highest BCUT2D eigenvalue weighted by atomic mass is 32.1. The zero-order valence-electron chi connectivity index (χ0n) is 8.87. The summed E-state index contributed by atoms with van der Waals surface area (Å²) in [6, 6.07) is 6.47. The zero-order valence-corrected chi connectivity index (χ0v) is 9.69. The molecule has 1 aromatic heterocycles. The first kappa shape index (κ1) is 9.66. The monoisotopic (exact) mass is 205 g/mol. The van der Waals surface area contributed by atoms with Gasteiger partial charge in [0.05, 0.1) is 4.70 Å². The van der Waals surface area contributed by atoms with E-state index in [0.717, 1.165) is 6.42 Å². The Morgan fingerprint density at radius 3 is 2.79 bits per heavy atom. The van der Waals surface area contributed by atoms with Crippen molar-refractivity contribution in [2.75, 3.05) is 0 Å². The SMILES string of the molecule is CC(C)(C)Cc1cccc2sncc12. The minimum Gasteiger partial charge on any atom is -0.200 e. The van der Waals surface area contributed by atoms with E-state index in [0.29, 0.717) is 5.41 Å². The molecule has 2 rings (SSSR count). The molecule has 14 heavy (non-hydrogen) atoms. The molecule has 0 N–H and O–H groups in total. The number of fused-ring (bicyclic) bond motifs is 1. The summed E-state index contributed by atoms with van der Waals surface area (Å²) >= 11 is 1.58. The standard InChI is InChI=1S/C12H15NS/c1-12(2,3)7-9-5-4-6-11-10(9)8-13-14-11/h4-6,8H,7H2,1-3H3. The summed E-state index contributed by atoms with van der Waals surface area (Å²) in [5.41, 5.74) is 1.76. The largest absolute Gasteiger partial charge is 0.200 e. The fourth-order valence-electron chi connectivity index (χ4n) is 1.68. The molecule has 74 valence electrons. The van der Waals surface area contributed by atoms with E-state index in [1.165, 1.54) is 15.6 Å². The molecule has 0 aliphatic heterocycles. The molecule has 0 saturated carbocycles. The van der Waals surface area contributed by atoms with Crippen LogP contribution in [0.3, 0.4) is 0 Å². The number of hydrogen-bond acceptors (Lipinski definition) is 2. The van der Waals surface area contributed by atoms with Crippen molar-refractivity contribution < 1.29 is 0 Å². The van der Waals surface area contributed by atoms with E-state index < -0.39 is 0 Å². The number of aromatic nitrogens is 1. The van der Waals surface area contributed by atoms with E-state index in [9.17, 15) is 0 Å². The van der Waals surface area contributed by atoms with Gasteiger partial charge in [-0.3, -0.25) is 0 Å². The summed E-state index contributed by atoms with van der Waals surface area (Å²) in [5.74, 6) is 0. The number of hydrogen-bond donors (Lipinski definition) is 0. The smallest absolute Gasteiger partial charge is 0.0552 e. The molecule has 2 heteroatoms. The quantitative estimate of drug-likeness (QED) is 0.688. The van der Waals surface area contributed by atoms with Gasteiger partial charge in [0.2, 0.25) is 0 Å². The second kappa shape index (κ2) is 3.35. The molecule has 0 saturated heterocycles. The molecule has 1 nitrogen and oxygen atoms in total. The predicted octanol–water partition coefficient (Wildman–Crippen LogP) is 3.88. The maximum absolute atomic E-state index is 4.23. The summed E-state index contributed by atoms with van der Waals surface area (Å²) in [7, 11) is 0. The minimum atomic E-state index is 0.343. The van der Waals surface area contributed by atoms with Gasteiger partial charge >= 0.3 is 0 Å². The van der Waals surface area contributed by atoms with E-state index in [1.54, 1.807) is 11.5 Å². The summed E-state index contributed by atoms with van der Waals surface area (Å²) in [5, 5.41) is 1.33. The van der Waals surface area contributed by atoms with Crippen LogP contribution >= 0.6 is 11.5 Å². The third-order valence-electron chi connectivity index (χ3n) is 2.21. The summed E-state index contributed by atoms with van der Waals surface area (Å²) in [6.07, 6.45) is 3.10. The predicted molar refractivity (Wildman–Crippen MR) is 62.8 cm³/mol. The van der Waals surface area contributed by atoms with Crippen LogP contribution in [-0.4, -0.2) is 4.37 Å². The van der Waals surface area contributed by atoms with E-state index in [2.05, 4.69) is 43.3 Å². The highest BCUT2D eigenvalue weighted by molar-refractivity contribution is 7.13. The van der Waals surface area contributed by atoms with Crippen LogP contribution in [0.2, 0.25) is 0 Å². The number of nitrogens with zero attached hydrogens (tertiary/aromatic N) is 1. The van der Waals surface area contributed by atoms with Crippen molar-refractivity contribution in [3.63, 3.8) is 0 Å². The van der Waals surface area contributed by atoms with Gasteiger partial charge in [-0.2, -0.15) is 4.37 Å². The van der Waals surface area contributed by atoms with Crippen molar-refractivity contribution in [2.24, 2.45) is 5.41 Å². The maximum atomic E-state index is 4.23. The summed E-state index contributed by atoms with van der Waals surface area (Å²) in [6.45, 7) is 6.81. The zero-order chi connectivity index (χ0) is 10.2. The lowest BCUT2D eigenvalue weighted by atomic mass is 9.87. The van der Waals surface area contributed by atoms with Crippen molar-refractivity contribution in [3.8, 4) is 0 Å². The minimum absolute atomic E-state index is 0.343. The van der Waals surface area contributed by atoms with E-state index >= 15 is 0 Å². The molecular formula is C12H15NS. The van der Waals surface area contributed by atoms with Gasteiger partial charge in [0.1, 0.15) is 0 Å². The van der Waals surface area contributed by atoms with Gasteiger partial charge in [-0.25, -0.2) is 0 Å². The molecule has 1 heterocycles. The Bertz CT molecular complexity index is 437. The van der Waals surface area contributed by atoms with Crippen LogP contribution in [0, 0.1) is 5.41 Å². The molecule has 0 radical (unpaired) electrons. The molecule has 1 aromatic carbocycles. The Kier molecular flexibility index (Phi) is 2.31. The highest BCUT2D eigenvalue weighted by Gasteiger charge is 2.13. The normalized spacial score (nSPS) is 12.2. The number of rotatable bonds is 1. The number of benzene rings is 1. The second-order valence-electron chi connectivity index (χ2n) is 4.89. The third kappa shape index (κ3) is 1.95. The van der Waals surface area contributed by atoms with Gasteiger partial charge in [-0.1, -0.05) is 32.9 Å². The topological polar surface area (TPSA) is 12.9 Å². The summed E-state index contributed by atoms with van der Waals surface area (Å²) in [4.78, 5) is 0. The Morgan fingerprint density at radius 1 is 1.29 bits per heavy atom.